The van der Waals surface area contributed by atoms with Crippen molar-refractivity contribution in [2.24, 2.45) is 0 Å². The first-order chi connectivity index (χ1) is 12.8. The van der Waals surface area contributed by atoms with Crippen LogP contribution in [-0.2, 0) is 16.9 Å². The number of benzene rings is 2. The summed E-state index contributed by atoms with van der Waals surface area (Å²) in [5, 5.41) is 0.0891. The molecule has 3 aromatic rings. The van der Waals surface area contributed by atoms with Crippen LogP contribution in [0.4, 0.5) is 8.78 Å². The molecule has 5 nitrogen and oxygen atoms in total. The van der Waals surface area contributed by atoms with Crippen LogP contribution in [-0.4, -0.2) is 19.7 Å². The van der Waals surface area contributed by atoms with Gasteiger partial charge in [0.25, 0.3) is 11.8 Å². The van der Waals surface area contributed by atoms with Gasteiger partial charge in [-0.1, -0.05) is 35.9 Å². The summed E-state index contributed by atoms with van der Waals surface area (Å²) in [7, 11) is -1.72. The molecule has 140 valence electrons. The molecular formula is C18H14ClF2N3O2S. The van der Waals surface area contributed by atoms with Crippen molar-refractivity contribution in [1.82, 2.24) is 14.3 Å². The zero-order valence-corrected chi connectivity index (χ0v) is 15.6. The third-order valence-electron chi connectivity index (χ3n) is 3.69. The molecule has 27 heavy (non-hydrogen) atoms. The van der Waals surface area contributed by atoms with Crippen molar-refractivity contribution >= 4 is 28.5 Å². The average Bonchev–Trinajstić information content (AvgIpc) is 3.11. The molecule has 1 unspecified atom stereocenters. The Labute approximate surface area is 161 Å². The highest BCUT2D eigenvalue weighted by Crippen LogP contribution is 2.31. The number of carbonyl (C=O) groups is 1. The smallest absolute Gasteiger partial charge is 0.283 e. The van der Waals surface area contributed by atoms with Crippen LogP contribution >= 0.6 is 11.6 Å². The molecule has 2 aromatic carbocycles. The summed E-state index contributed by atoms with van der Waals surface area (Å²) in [5.41, 5.74) is 0.188. The number of carbonyl (C=O) groups excluding carboxylic acids is 1. The van der Waals surface area contributed by atoms with E-state index >= 15 is 0 Å². The molecule has 0 bridgehead atoms. The van der Waals surface area contributed by atoms with E-state index in [4.69, 9.17) is 11.6 Å². The second-order valence-electron chi connectivity index (χ2n) is 5.73. The van der Waals surface area contributed by atoms with Crippen LogP contribution in [0.25, 0.3) is 5.69 Å². The lowest BCUT2D eigenvalue weighted by Gasteiger charge is -2.13. The van der Waals surface area contributed by atoms with Gasteiger partial charge in [-0.2, -0.15) is 0 Å². The van der Waals surface area contributed by atoms with Crippen molar-refractivity contribution in [2.75, 3.05) is 0 Å². The number of nitrogens with one attached hydrogen (secondary N) is 1. The van der Waals surface area contributed by atoms with Crippen LogP contribution in [0.2, 0.25) is 5.02 Å². The van der Waals surface area contributed by atoms with Gasteiger partial charge in [-0.25, -0.2) is 18.0 Å². The lowest BCUT2D eigenvalue weighted by Crippen LogP contribution is -2.26. The molecule has 0 saturated carbocycles. The van der Waals surface area contributed by atoms with Crippen molar-refractivity contribution in [3.63, 3.8) is 0 Å². The van der Waals surface area contributed by atoms with Crippen molar-refractivity contribution in [2.45, 2.75) is 17.7 Å². The number of hydrogen-bond acceptors (Lipinski definition) is 3. The fourth-order valence-corrected chi connectivity index (χ4v) is 3.37. The number of nitrogens with zero attached hydrogens (tertiary/aromatic N) is 2. The maximum absolute atomic E-state index is 13.4. The Bertz CT molecular complexity index is 1000. The highest BCUT2D eigenvalue weighted by molar-refractivity contribution is 7.83. The first kappa shape index (κ1) is 19.2. The van der Waals surface area contributed by atoms with Crippen molar-refractivity contribution < 1.29 is 17.8 Å². The summed E-state index contributed by atoms with van der Waals surface area (Å²) < 4.78 is 42.7. The van der Waals surface area contributed by atoms with Gasteiger partial charge in [0.1, 0.15) is 12.0 Å². The molecule has 0 saturated heterocycles. The number of alkyl halides is 2. The molecule has 3 rings (SSSR count). The first-order valence-electron chi connectivity index (χ1n) is 7.76. The zero-order valence-electron chi connectivity index (χ0n) is 14.0. The molecule has 0 fully saturated rings. The van der Waals surface area contributed by atoms with E-state index in [-0.39, 0.29) is 16.3 Å². The number of imidazole rings is 1. The molecule has 0 spiro atoms. The summed E-state index contributed by atoms with van der Waals surface area (Å²) in [6.07, 6.45) is 2.70. The monoisotopic (exact) mass is 409 g/mol. The predicted octanol–water partition coefficient (Wildman–Crippen LogP) is 4.09. The Morgan fingerprint density at radius 1 is 1.22 bits per heavy atom. The Balaban J connectivity index is 1.79. The third kappa shape index (κ3) is 4.40. The fraction of sp³-hybridized carbons (Fsp3) is 0.111. The van der Waals surface area contributed by atoms with Gasteiger partial charge >= 0.3 is 0 Å². The predicted molar refractivity (Wildman–Crippen MR) is 98.5 cm³/mol. The van der Waals surface area contributed by atoms with Crippen LogP contribution in [0.5, 0.6) is 0 Å². The van der Waals surface area contributed by atoms with Gasteiger partial charge in [0.05, 0.1) is 15.6 Å². The SMILES string of the molecule is CC(F)(F)c1ccc(-n2cnc(C(=O)NS(=O)c3ccccc3)c2)c(Cl)c1. The Kier molecular flexibility index (Phi) is 5.38. The van der Waals surface area contributed by atoms with Crippen LogP contribution in [0, 0.1) is 0 Å². The summed E-state index contributed by atoms with van der Waals surface area (Å²) in [5.74, 6) is -3.65. The standard InChI is InChI=1S/C18H14ClF2N3O2S/c1-18(20,21)12-7-8-16(14(19)9-12)24-10-15(22-11-24)17(25)23-27(26)13-5-3-2-4-6-13/h2-11H,1H3,(H,23,25). The molecule has 1 aromatic heterocycles. The Morgan fingerprint density at radius 2 is 1.93 bits per heavy atom. The molecule has 0 radical (unpaired) electrons. The minimum Gasteiger partial charge on any atom is -0.304 e. The quantitative estimate of drug-likeness (QED) is 0.690. The van der Waals surface area contributed by atoms with Gasteiger partial charge in [0.15, 0.2) is 11.0 Å². The lowest BCUT2D eigenvalue weighted by molar-refractivity contribution is 0.0175. The number of amides is 1. The summed E-state index contributed by atoms with van der Waals surface area (Å²) in [6, 6.07) is 12.3. The van der Waals surface area contributed by atoms with Gasteiger partial charge in [0.2, 0.25) is 0 Å². The van der Waals surface area contributed by atoms with Crippen molar-refractivity contribution in [3.8, 4) is 5.69 Å². The van der Waals surface area contributed by atoms with Crippen LogP contribution in [0.1, 0.15) is 23.0 Å². The van der Waals surface area contributed by atoms with Gasteiger partial charge in [-0.3, -0.25) is 9.52 Å². The lowest BCUT2D eigenvalue weighted by atomic mass is 10.1. The van der Waals surface area contributed by atoms with E-state index in [9.17, 15) is 17.8 Å². The number of aromatic nitrogens is 2. The van der Waals surface area contributed by atoms with Crippen molar-refractivity contribution in [3.05, 3.63) is 77.3 Å². The van der Waals surface area contributed by atoms with Gasteiger partial charge in [-0.05, 0) is 24.3 Å². The van der Waals surface area contributed by atoms with Gasteiger partial charge in [0, 0.05) is 18.7 Å². The van der Waals surface area contributed by atoms with E-state index in [1.54, 1.807) is 30.3 Å². The van der Waals surface area contributed by atoms with E-state index in [0.717, 1.165) is 6.92 Å². The third-order valence-corrected chi connectivity index (χ3v) is 5.06. The number of hydrogen-bond donors (Lipinski definition) is 1. The van der Waals surface area contributed by atoms with Crippen LogP contribution < -0.4 is 4.72 Å². The fourth-order valence-electron chi connectivity index (χ4n) is 2.30. The first-order valence-corrected chi connectivity index (χ1v) is 9.28. The number of halogens is 3. The van der Waals surface area contributed by atoms with Gasteiger partial charge < -0.3 is 4.57 Å². The maximum atomic E-state index is 13.4. The highest BCUT2D eigenvalue weighted by atomic mass is 35.5. The molecule has 1 heterocycles. The highest BCUT2D eigenvalue weighted by Gasteiger charge is 2.25. The molecule has 0 aliphatic carbocycles. The van der Waals surface area contributed by atoms with E-state index in [1.165, 1.54) is 35.3 Å². The molecule has 1 N–H and O–H groups in total. The van der Waals surface area contributed by atoms with Gasteiger partial charge in [-0.15, -0.1) is 0 Å². The topological polar surface area (TPSA) is 64.0 Å². The molecule has 1 atom stereocenters. The van der Waals surface area contributed by atoms with E-state index in [1.807, 2.05) is 0 Å². The normalized spacial score (nSPS) is 12.6. The summed E-state index contributed by atoms with van der Waals surface area (Å²) >= 11 is 6.09. The zero-order chi connectivity index (χ0) is 19.6. The summed E-state index contributed by atoms with van der Waals surface area (Å²) in [4.78, 5) is 16.6. The second kappa shape index (κ2) is 7.58. The second-order valence-corrected chi connectivity index (χ2v) is 7.35. The molecule has 9 heteroatoms. The van der Waals surface area contributed by atoms with E-state index < -0.39 is 22.8 Å². The largest absolute Gasteiger partial charge is 0.304 e. The Morgan fingerprint density at radius 3 is 2.56 bits per heavy atom. The summed E-state index contributed by atoms with van der Waals surface area (Å²) in [6.45, 7) is 0.783. The number of rotatable bonds is 5. The minimum absolute atomic E-state index is 0.0141. The van der Waals surface area contributed by atoms with E-state index in [2.05, 4.69) is 9.71 Å². The minimum atomic E-state index is -3.01. The average molecular weight is 410 g/mol. The molecule has 0 aliphatic heterocycles. The molecule has 0 aliphatic rings. The van der Waals surface area contributed by atoms with E-state index in [0.29, 0.717) is 10.6 Å². The molecule has 1 amide bonds. The Hall–Kier alpha value is -2.58. The van der Waals surface area contributed by atoms with Crippen molar-refractivity contribution in [1.29, 1.82) is 0 Å². The van der Waals surface area contributed by atoms with Crippen LogP contribution in [0.3, 0.4) is 0 Å². The maximum Gasteiger partial charge on any atom is 0.283 e. The van der Waals surface area contributed by atoms with Crippen LogP contribution in [0.15, 0.2) is 66.0 Å². The molecular weight excluding hydrogens is 396 g/mol.